The standard InChI is InChI=1S/C45H31NS/c1-45(2)37-18-9-7-17-35(37)44-38(45)19-11-20-39(44)46(30-24-25-42-36(27-30)33-15-8-10-21-41(33)47-42)40-26-29-23-22-28-12-3-4-13-31(28)43(29)34-16-6-5-14-32(34)40/h3-27H,1-2H3. The van der Waals surface area contributed by atoms with Crippen LogP contribution in [0, 0.1) is 0 Å². The van der Waals surface area contributed by atoms with Crippen molar-refractivity contribution in [2.75, 3.05) is 4.90 Å². The lowest BCUT2D eigenvalue weighted by atomic mass is 9.82. The van der Waals surface area contributed by atoms with Gasteiger partial charge in [0.05, 0.1) is 11.4 Å². The van der Waals surface area contributed by atoms with Gasteiger partial charge in [-0.1, -0.05) is 129 Å². The molecule has 0 fully saturated rings. The Hall–Kier alpha value is -5.44. The van der Waals surface area contributed by atoms with E-state index in [2.05, 4.69) is 170 Å². The third kappa shape index (κ3) is 3.77. The van der Waals surface area contributed by atoms with E-state index in [0.29, 0.717) is 0 Å². The van der Waals surface area contributed by atoms with Gasteiger partial charge in [0.2, 0.25) is 0 Å². The SMILES string of the molecule is CC1(C)c2ccccc2-c2c(N(c3ccc4sc5ccccc5c4c3)c3cc4ccc5ccccc5c4c4ccccc34)cccc21. The van der Waals surface area contributed by atoms with Gasteiger partial charge in [0.25, 0.3) is 0 Å². The summed E-state index contributed by atoms with van der Waals surface area (Å²) in [6.45, 7) is 4.73. The van der Waals surface area contributed by atoms with Gasteiger partial charge in [-0.25, -0.2) is 0 Å². The Morgan fingerprint density at radius 3 is 2.04 bits per heavy atom. The molecule has 1 aromatic heterocycles. The topological polar surface area (TPSA) is 3.24 Å². The molecule has 0 radical (unpaired) electrons. The molecule has 0 spiro atoms. The Morgan fingerprint density at radius 1 is 0.468 bits per heavy atom. The summed E-state index contributed by atoms with van der Waals surface area (Å²) in [6.07, 6.45) is 0. The molecule has 1 aliphatic carbocycles. The van der Waals surface area contributed by atoms with E-state index in [1.807, 2.05) is 11.3 Å². The Labute approximate surface area is 278 Å². The summed E-state index contributed by atoms with van der Waals surface area (Å²) in [5.41, 5.74) is 8.89. The highest BCUT2D eigenvalue weighted by Gasteiger charge is 2.38. The molecule has 9 aromatic rings. The van der Waals surface area contributed by atoms with E-state index in [4.69, 9.17) is 0 Å². The molecular formula is C45H31NS. The van der Waals surface area contributed by atoms with Crippen LogP contribution < -0.4 is 4.90 Å². The predicted molar refractivity (Wildman–Crippen MR) is 204 cm³/mol. The van der Waals surface area contributed by atoms with Gasteiger partial charge in [-0.2, -0.15) is 0 Å². The second-order valence-corrected chi connectivity index (χ2v) is 14.4. The van der Waals surface area contributed by atoms with Gasteiger partial charge in [0, 0.05) is 42.2 Å². The minimum Gasteiger partial charge on any atom is -0.309 e. The first-order chi connectivity index (χ1) is 23.1. The maximum absolute atomic E-state index is 2.54. The fourth-order valence-corrected chi connectivity index (χ4v) is 9.31. The summed E-state index contributed by atoms with van der Waals surface area (Å²) in [7, 11) is 0. The molecule has 0 atom stereocenters. The van der Waals surface area contributed by atoms with Crippen molar-refractivity contribution in [2.24, 2.45) is 0 Å². The average molecular weight is 618 g/mol. The minimum atomic E-state index is -0.0918. The summed E-state index contributed by atoms with van der Waals surface area (Å²) in [4.78, 5) is 2.54. The molecule has 0 unspecified atom stereocenters. The Balaban J connectivity index is 1.34. The number of thiophene rings is 1. The summed E-state index contributed by atoms with van der Waals surface area (Å²) >= 11 is 1.87. The first-order valence-electron chi connectivity index (χ1n) is 16.4. The number of rotatable bonds is 3. The number of nitrogens with zero attached hydrogens (tertiary/aromatic N) is 1. The molecule has 0 bridgehead atoms. The molecule has 0 saturated carbocycles. The van der Waals surface area contributed by atoms with E-state index in [9.17, 15) is 0 Å². The Morgan fingerprint density at radius 2 is 1.15 bits per heavy atom. The van der Waals surface area contributed by atoms with Gasteiger partial charge >= 0.3 is 0 Å². The maximum Gasteiger partial charge on any atom is 0.0546 e. The Kier molecular flexibility index (Phi) is 5.57. The monoisotopic (exact) mass is 617 g/mol. The Bertz CT molecular complexity index is 2730. The molecule has 222 valence electrons. The van der Waals surface area contributed by atoms with Crippen molar-refractivity contribution in [3.05, 3.63) is 163 Å². The molecule has 1 heterocycles. The van der Waals surface area contributed by atoms with Crippen LogP contribution in [0.2, 0.25) is 0 Å². The van der Waals surface area contributed by atoms with Crippen LogP contribution in [0.3, 0.4) is 0 Å². The lowest BCUT2D eigenvalue weighted by Crippen LogP contribution is -2.16. The summed E-state index contributed by atoms with van der Waals surface area (Å²) < 4.78 is 2.64. The van der Waals surface area contributed by atoms with Gasteiger partial charge in [0.15, 0.2) is 0 Å². The van der Waals surface area contributed by atoms with Crippen LogP contribution in [0.4, 0.5) is 17.1 Å². The number of hydrogen-bond donors (Lipinski definition) is 0. The second kappa shape index (κ2) is 9.78. The lowest BCUT2D eigenvalue weighted by Gasteiger charge is -2.30. The molecule has 1 aliphatic rings. The number of hydrogen-bond acceptors (Lipinski definition) is 2. The van der Waals surface area contributed by atoms with E-state index < -0.39 is 0 Å². The van der Waals surface area contributed by atoms with E-state index in [1.54, 1.807) is 0 Å². The summed E-state index contributed by atoms with van der Waals surface area (Å²) in [6, 6.07) is 56.5. The van der Waals surface area contributed by atoms with Gasteiger partial charge < -0.3 is 4.90 Å². The smallest absolute Gasteiger partial charge is 0.0546 e. The van der Waals surface area contributed by atoms with Crippen molar-refractivity contribution in [2.45, 2.75) is 19.3 Å². The van der Waals surface area contributed by atoms with Crippen LogP contribution in [0.1, 0.15) is 25.0 Å². The van der Waals surface area contributed by atoms with Crippen LogP contribution in [0.5, 0.6) is 0 Å². The highest BCUT2D eigenvalue weighted by molar-refractivity contribution is 7.25. The predicted octanol–water partition coefficient (Wildman–Crippen LogP) is 13.3. The van der Waals surface area contributed by atoms with Crippen molar-refractivity contribution < 1.29 is 0 Å². The molecule has 2 heteroatoms. The largest absolute Gasteiger partial charge is 0.309 e. The fourth-order valence-electron chi connectivity index (χ4n) is 8.23. The first kappa shape index (κ1) is 26.7. The number of benzene rings is 8. The van der Waals surface area contributed by atoms with Crippen LogP contribution in [0.25, 0.3) is 63.6 Å². The highest BCUT2D eigenvalue weighted by atomic mass is 32.1. The van der Waals surface area contributed by atoms with Crippen LogP contribution in [-0.2, 0) is 5.41 Å². The third-order valence-electron chi connectivity index (χ3n) is 10.4. The third-order valence-corrected chi connectivity index (χ3v) is 11.6. The molecule has 47 heavy (non-hydrogen) atoms. The van der Waals surface area contributed by atoms with Crippen molar-refractivity contribution in [3.63, 3.8) is 0 Å². The molecule has 1 nitrogen and oxygen atoms in total. The molecule has 0 N–H and O–H groups in total. The quantitative estimate of drug-likeness (QED) is 0.178. The lowest BCUT2D eigenvalue weighted by molar-refractivity contribution is 0.660. The first-order valence-corrected chi connectivity index (χ1v) is 17.2. The van der Waals surface area contributed by atoms with Crippen molar-refractivity contribution in [3.8, 4) is 11.1 Å². The number of anilines is 3. The summed E-state index contributed by atoms with van der Waals surface area (Å²) in [5, 5.41) is 10.3. The van der Waals surface area contributed by atoms with Gasteiger partial charge in [-0.15, -0.1) is 11.3 Å². The molecular weight excluding hydrogens is 587 g/mol. The number of fused-ring (bicyclic) bond motifs is 11. The zero-order valence-corrected chi connectivity index (χ0v) is 27.1. The van der Waals surface area contributed by atoms with Crippen LogP contribution >= 0.6 is 11.3 Å². The van der Waals surface area contributed by atoms with Crippen LogP contribution in [-0.4, -0.2) is 0 Å². The zero-order chi connectivity index (χ0) is 31.3. The van der Waals surface area contributed by atoms with E-state index in [1.165, 1.54) is 91.8 Å². The normalized spacial score (nSPS) is 13.5. The highest BCUT2D eigenvalue weighted by Crippen LogP contribution is 2.55. The molecule has 0 amide bonds. The molecule has 0 aliphatic heterocycles. The van der Waals surface area contributed by atoms with Gasteiger partial charge in [0.1, 0.15) is 0 Å². The van der Waals surface area contributed by atoms with E-state index in [-0.39, 0.29) is 5.41 Å². The molecule has 8 aromatic carbocycles. The van der Waals surface area contributed by atoms with Crippen molar-refractivity contribution in [1.82, 2.24) is 0 Å². The van der Waals surface area contributed by atoms with Crippen molar-refractivity contribution >= 4 is 80.9 Å². The van der Waals surface area contributed by atoms with E-state index in [0.717, 1.165) is 0 Å². The maximum atomic E-state index is 2.54. The zero-order valence-electron chi connectivity index (χ0n) is 26.3. The van der Waals surface area contributed by atoms with Crippen LogP contribution in [0.15, 0.2) is 152 Å². The minimum absolute atomic E-state index is 0.0918. The van der Waals surface area contributed by atoms with Gasteiger partial charge in [-0.05, 0) is 80.0 Å². The fraction of sp³-hybridized carbons (Fsp3) is 0.0667. The summed E-state index contributed by atoms with van der Waals surface area (Å²) in [5.74, 6) is 0. The van der Waals surface area contributed by atoms with E-state index >= 15 is 0 Å². The average Bonchev–Trinajstić information content (AvgIpc) is 3.60. The van der Waals surface area contributed by atoms with Crippen molar-refractivity contribution in [1.29, 1.82) is 0 Å². The van der Waals surface area contributed by atoms with Gasteiger partial charge in [-0.3, -0.25) is 0 Å². The second-order valence-electron chi connectivity index (χ2n) is 13.3. The molecule has 10 rings (SSSR count). The molecule has 0 saturated heterocycles.